The van der Waals surface area contributed by atoms with Crippen molar-refractivity contribution in [3.63, 3.8) is 0 Å². The number of Topliss-reactive ketones (excluding diaryl/α,β-unsaturated/α-hetero) is 1. The zero-order valence-electron chi connectivity index (χ0n) is 12.3. The van der Waals surface area contributed by atoms with Gasteiger partial charge in [0.1, 0.15) is 5.69 Å². The fourth-order valence-electron chi connectivity index (χ4n) is 2.38. The maximum absolute atomic E-state index is 12.2. The molecule has 1 saturated heterocycles. The monoisotopic (exact) mass is 335 g/mol. The van der Waals surface area contributed by atoms with Crippen LogP contribution in [0.3, 0.4) is 0 Å². The molecule has 3 heterocycles. The highest BCUT2D eigenvalue weighted by atomic mass is 32.2. The summed E-state index contributed by atoms with van der Waals surface area (Å²) in [6.45, 7) is 3.55. The van der Waals surface area contributed by atoms with Gasteiger partial charge in [0.2, 0.25) is 0 Å². The SMILES string of the molecule is Cc1csc(SCC(=O)c2c[nH]c(C(=O)N3CCCC3)c2)n1. The van der Waals surface area contributed by atoms with Crippen LogP contribution in [-0.4, -0.2) is 45.4 Å². The number of nitrogens with zero attached hydrogens (tertiary/aromatic N) is 2. The van der Waals surface area contributed by atoms with Gasteiger partial charge in [-0.25, -0.2) is 4.98 Å². The maximum Gasteiger partial charge on any atom is 0.270 e. The standard InChI is InChI=1S/C15H17N3O2S2/c1-10-8-21-15(17-10)22-9-13(19)11-6-12(16-7-11)14(20)18-4-2-3-5-18/h6-8,16H,2-5,9H2,1H3. The normalized spacial score (nSPS) is 14.5. The van der Waals surface area contributed by atoms with Crippen molar-refractivity contribution in [3.05, 3.63) is 34.6 Å². The fraction of sp³-hybridized carbons (Fsp3) is 0.400. The molecule has 1 amide bonds. The Hall–Kier alpha value is -1.60. The molecule has 7 heteroatoms. The molecular formula is C15H17N3O2S2. The van der Waals surface area contributed by atoms with Crippen LogP contribution in [0.1, 0.15) is 39.4 Å². The molecule has 1 fully saturated rings. The number of carbonyl (C=O) groups excluding carboxylic acids is 2. The van der Waals surface area contributed by atoms with Crippen LogP contribution in [0.2, 0.25) is 0 Å². The first kappa shape index (κ1) is 15.3. The molecule has 0 saturated carbocycles. The van der Waals surface area contributed by atoms with Crippen molar-refractivity contribution in [3.8, 4) is 0 Å². The Morgan fingerprint density at radius 1 is 1.41 bits per heavy atom. The summed E-state index contributed by atoms with van der Waals surface area (Å²) in [4.78, 5) is 33.5. The number of ketones is 1. The highest BCUT2D eigenvalue weighted by Crippen LogP contribution is 2.23. The van der Waals surface area contributed by atoms with Crippen molar-refractivity contribution in [1.29, 1.82) is 0 Å². The number of aryl methyl sites for hydroxylation is 1. The molecule has 3 rings (SSSR count). The van der Waals surface area contributed by atoms with Gasteiger partial charge in [0.25, 0.3) is 5.91 Å². The predicted molar refractivity (Wildman–Crippen MR) is 87.8 cm³/mol. The van der Waals surface area contributed by atoms with Crippen molar-refractivity contribution < 1.29 is 9.59 Å². The first-order valence-corrected chi connectivity index (χ1v) is 9.06. The van der Waals surface area contributed by atoms with Crippen LogP contribution >= 0.6 is 23.1 Å². The minimum Gasteiger partial charge on any atom is -0.356 e. The summed E-state index contributed by atoms with van der Waals surface area (Å²) in [5.41, 5.74) is 2.03. The summed E-state index contributed by atoms with van der Waals surface area (Å²) in [5.74, 6) is 0.330. The summed E-state index contributed by atoms with van der Waals surface area (Å²) >= 11 is 2.98. The number of likely N-dealkylation sites (tertiary alicyclic amines) is 1. The number of amides is 1. The molecule has 0 unspecified atom stereocenters. The molecule has 0 spiro atoms. The number of thioether (sulfide) groups is 1. The van der Waals surface area contributed by atoms with Gasteiger partial charge in [-0.15, -0.1) is 11.3 Å². The Balaban J connectivity index is 1.60. The van der Waals surface area contributed by atoms with Crippen LogP contribution in [0.25, 0.3) is 0 Å². The van der Waals surface area contributed by atoms with E-state index >= 15 is 0 Å². The number of aromatic nitrogens is 2. The number of hydrogen-bond donors (Lipinski definition) is 1. The van der Waals surface area contributed by atoms with Crippen LogP contribution < -0.4 is 0 Å². The van der Waals surface area contributed by atoms with Gasteiger partial charge in [-0.1, -0.05) is 11.8 Å². The van der Waals surface area contributed by atoms with Gasteiger partial charge in [-0.3, -0.25) is 9.59 Å². The van der Waals surface area contributed by atoms with Crippen LogP contribution in [-0.2, 0) is 0 Å². The summed E-state index contributed by atoms with van der Waals surface area (Å²) in [6, 6.07) is 1.66. The molecule has 1 aliphatic heterocycles. The van der Waals surface area contributed by atoms with E-state index in [1.807, 2.05) is 17.2 Å². The van der Waals surface area contributed by atoms with Crippen molar-refractivity contribution in [2.75, 3.05) is 18.8 Å². The van der Waals surface area contributed by atoms with Gasteiger partial charge in [-0.05, 0) is 25.8 Å². The quantitative estimate of drug-likeness (QED) is 0.674. The van der Waals surface area contributed by atoms with Gasteiger partial charge in [0.05, 0.1) is 5.75 Å². The molecule has 22 heavy (non-hydrogen) atoms. The van der Waals surface area contributed by atoms with Gasteiger partial charge >= 0.3 is 0 Å². The van der Waals surface area contributed by atoms with E-state index in [0.717, 1.165) is 36.0 Å². The first-order chi connectivity index (χ1) is 10.6. The van der Waals surface area contributed by atoms with Crippen molar-refractivity contribution >= 4 is 34.8 Å². The first-order valence-electron chi connectivity index (χ1n) is 7.19. The Morgan fingerprint density at radius 2 is 2.18 bits per heavy atom. The van der Waals surface area contributed by atoms with Gasteiger partial charge in [0.15, 0.2) is 10.1 Å². The Labute approximate surface area is 137 Å². The molecule has 0 bridgehead atoms. The molecule has 2 aromatic rings. The lowest BCUT2D eigenvalue weighted by atomic mass is 10.2. The molecule has 5 nitrogen and oxygen atoms in total. The third-order valence-electron chi connectivity index (χ3n) is 3.55. The van der Waals surface area contributed by atoms with Gasteiger partial charge in [0, 0.05) is 35.9 Å². The lowest BCUT2D eigenvalue weighted by molar-refractivity contribution is 0.0787. The van der Waals surface area contributed by atoms with Gasteiger partial charge in [-0.2, -0.15) is 0 Å². The molecule has 0 radical (unpaired) electrons. The number of H-pyrrole nitrogens is 1. The fourth-order valence-corrected chi connectivity index (χ4v) is 4.12. The van der Waals surface area contributed by atoms with Crippen LogP contribution in [0.5, 0.6) is 0 Å². The van der Waals surface area contributed by atoms with Crippen molar-refractivity contribution in [2.24, 2.45) is 0 Å². The van der Waals surface area contributed by atoms with Crippen LogP contribution in [0.15, 0.2) is 22.0 Å². The molecule has 1 aliphatic rings. The smallest absolute Gasteiger partial charge is 0.270 e. The highest BCUT2D eigenvalue weighted by molar-refractivity contribution is 8.01. The van der Waals surface area contributed by atoms with E-state index < -0.39 is 0 Å². The number of carbonyl (C=O) groups is 2. The topological polar surface area (TPSA) is 66.1 Å². The Bertz CT molecular complexity index is 687. The zero-order chi connectivity index (χ0) is 15.5. The third-order valence-corrected chi connectivity index (χ3v) is 5.69. The summed E-state index contributed by atoms with van der Waals surface area (Å²) in [6.07, 6.45) is 3.74. The Morgan fingerprint density at radius 3 is 2.86 bits per heavy atom. The second-order valence-corrected chi connectivity index (χ2v) is 7.35. The number of thiazole rings is 1. The molecule has 2 aromatic heterocycles. The molecule has 1 N–H and O–H groups in total. The van der Waals surface area contributed by atoms with Crippen molar-refractivity contribution in [1.82, 2.24) is 14.9 Å². The zero-order valence-corrected chi connectivity index (χ0v) is 13.9. The van der Waals surface area contributed by atoms with E-state index in [0.29, 0.717) is 17.0 Å². The largest absolute Gasteiger partial charge is 0.356 e. The number of rotatable bonds is 5. The average Bonchev–Trinajstić information content (AvgIpc) is 3.25. The minimum atomic E-state index is -0.0141. The van der Waals surface area contributed by atoms with E-state index in [1.165, 1.54) is 11.8 Å². The number of nitrogens with one attached hydrogen (secondary N) is 1. The third kappa shape index (κ3) is 3.41. The van der Waals surface area contributed by atoms with Crippen molar-refractivity contribution in [2.45, 2.75) is 24.1 Å². The summed E-state index contributed by atoms with van der Waals surface area (Å²) in [7, 11) is 0. The summed E-state index contributed by atoms with van der Waals surface area (Å²) < 4.78 is 0.898. The lowest BCUT2D eigenvalue weighted by Crippen LogP contribution is -2.27. The average molecular weight is 335 g/mol. The summed E-state index contributed by atoms with van der Waals surface area (Å²) in [5, 5.41) is 1.97. The molecular weight excluding hydrogens is 318 g/mol. The van der Waals surface area contributed by atoms with Crippen LogP contribution in [0.4, 0.5) is 0 Å². The van der Waals surface area contributed by atoms with E-state index in [9.17, 15) is 9.59 Å². The number of hydrogen-bond acceptors (Lipinski definition) is 5. The second-order valence-electron chi connectivity index (χ2n) is 5.27. The number of aromatic amines is 1. The van der Waals surface area contributed by atoms with E-state index in [4.69, 9.17) is 0 Å². The lowest BCUT2D eigenvalue weighted by Gasteiger charge is -2.13. The second kappa shape index (κ2) is 6.66. The maximum atomic E-state index is 12.2. The van der Waals surface area contributed by atoms with E-state index in [1.54, 1.807) is 23.6 Å². The predicted octanol–water partition coefficient (Wildman–Crippen LogP) is 2.99. The molecule has 116 valence electrons. The van der Waals surface area contributed by atoms with Gasteiger partial charge < -0.3 is 9.88 Å². The minimum absolute atomic E-state index is 0.00887. The van der Waals surface area contributed by atoms with E-state index in [2.05, 4.69) is 9.97 Å². The molecule has 0 aromatic carbocycles. The molecule has 0 aliphatic carbocycles. The molecule has 0 atom stereocenters. The van der Waals surface area contributed by atoms with Crippen LogP contribution in [0, 0.1) is 6.92 Å². The Kier molecular flexibility index (Phi) is 4.63. The highest BCUT2D eigenvalue weighted by Gasteiger charge is 2.21. The van der Waals surface area contributed by atoms with E-state index in [-0.39, 0.29) is 11.7 Å².